The van der Waals surface area contributed by atoms with Crippen LogP contribution in [0.5, 0.6) is 0 Å². The fourth-order valence-electron chi connectivity index (χ4n) is 0.581. The van der Waals surface area contributed by atoms with Gasteiger partial charge in [0.15, 0.2) is 0 Å². The summed E-state index contributed by atoms with van der Waals surface area (Å²) in [5.74, 6) is -0.879. The van der Waals surface area contributed by atoms with Gasteiger partial charge in [-0.25, -0.2) is 4.79 Å². The van der Waals surface area contributed by atoms with Gasteiger partial charge in [0.2, 0.25) is 0 Å². The summed E-state index contributed by atoms with van der Waals surface area (Å²) >= 11 is 0. The van der Waals surface area contributed by atoms with Crippen molar-refractivity contribution < 1.29 is 9.90 Å². The van der Waals surface area contributed by atoms with Crippen molar-refractivity contribution in [2.24, 2.45) is 0 Å². The molecule has 1 rings (SSSR count). The first-order valence-electron chi connectivity index (χ1n) is 4.50. The summed E-state index contributed by atoms with van der Waals surface area (Å²) in [6.07, 6.45) is 2.64. The number of rotatable bonds is 2. The maximum absolute atomic E-state index is 10.2. The van der Waals surface area contributed by atoms with Crippen molar-refractivity contribution in [2.45, 2.75) is 26.7 Å². The van der Waals surface area contributed by atoms with Crippen LogP contribution in [0.15, 0.2) is 30.3 Å². The third kappa shape index (κ3) is 5.91. The molecule has 2 nitrogen and oxygen atoms in total. The third-order valence-corrected chi connectivity index (χ3v) is 1.52. The molecule has 1 N–H and O–H groups in total. The first kappa shape index (κ1) is 11.7. The lowest BCUT2D eigenvalue weighted by Crippen LogP contribution is -1.93. The van der Waals surface area contributed by atoms with Gasteiger partial charge < -0.3 is 5.11 Å². The Balaban J connectivity index is 0.000000310. The van der Waals surface area contributed by atoms with Crippen LogP contribution in [-0.4, -0.2) is 11.1 Å². The van der Waals surface area contributed by atoms with Gasteiger partial charge in [-0.2, -0.15) is 0 Å². The van der Waals surface area contributed by atoms with Crippen molar-refractivity contribution in [3.05, 3.63) is 35.9 Å². The van der Waals surface area contributed by atoms with Gasteiger partial charge in [0.25, 0.3) is 0 Å². The van der Waals surface area contributed by atoms with Gasteiger partial charge in [-0.3, -0.25) is 0 Å². The van der Waals surface area contributed by atoms with Crippen LogP contribution in [0.3, 0.4) is 0 Å². The molecule has 0 bridgehead atoms. The molecule has 1 aromatic rings. The van der Waals surface area contributed by atoms with Crippen LogP contribution in [0.1, 0.15) is 37.0 Å². The van der Waals surface area contributed by atoms with Gasteiger partial charge in [-0.05, 0) is 12.1 Å². The highest BCUT2D eigenvalue weighted by Gasteiger charge is 1.96. The summed E-state index contributed by atoms with van der Waals surface area (Å²) in [5, 5.41) is 8.38. The van der Waals surface area contributed by atoms with E-state index in [0.29, 0.717) is 5.56 Å². The second-order valence-corrected chi connectivity index (χ2v) is 2.67. The maximum atomic E-state index is 10.2. The molecular formula is C11H16O2. The molecule has 0 aliphatic heterocycles. The van der Waals surface area contributed by atoms with Crippen molar-refractivity contribution in [3.8, 4) is 0 Å². The quantitative estimate of drug-likeness (QED) is 0.758. The number of unbranched alkanes of at least 4 members (excludes halogenated alkanes) is 1. The van der Waals surface area contributed by atoms with Gasteiger partial charge in [-0.15, -0.1) is 0 Å². The minimum atomic E-state index is -0.879. The molecule has 0 aromatic heterocycles. The summed E-state index contributed by atoms with van der Waals surface area (Å²) in [7, 11) is 0. The van der Waals surface area contributed by atoms with Crippen molar-refractivity contribution in [1.29, 1.82) is 0 Å². The van der Waals surface area contributed by atoms with Crippen LogP contribution in [0, 0.1) is 0 Å². The van der Waals surface area contributed by atoms with Crippen LogP contribution >= 0.6 is 0 Å². The van der Waals surface area contributed by atoms with E-state index in [4.69, 9.17) is 5.11 Å². The fourth-order valence-corrected chi connectivity index (χ4v) is 0.581. The van der Waals surface area contributed by atoms with Gasteiger partial charge >= 0.3 is 5.97 Å². The summed E-state index contributed by atoms with van der Waals surface area (Å²) in [5.41, 5.74) is 0.331. The zero-order chi connectivity index (χ0) is 10.1. The van der Waals surface area contributed by atoms with E-state index in [-0.39, 0.29) is 0 Å². The smallest absolute Gasteiger partial charge is 0.335 e. The molecule has 0 saturated carbocycles. The van der Waals surface area contributed by atoms with Gasteiger partial charge in [-0.1, -0.05) is 44.9 Å². The van der Waals surface area contributed by atoms with Gasteiger partial charge in [0, 0.05) is 0 Å². The first-order valence-corrected chi connectivity index (χ1v) is 4.50. The lowest BCUT2D eigenvalue weighted by atomic mass is 10.2. The number of carboxylic acid groups (broad SMARTS) is 1. The number of aromatic carboxylic acids is 1. The lowest BCUT2D eigenvalue weighted by molar-refractivity contribution is 0.0697. The van der Waals surface area contributed by atoms with Gasteiger partial charge in [0.05, 0.1) is 5.56 Å². The Morgan fingerprint density at radius 1 is 1.15 bits per heavy atom. The first-order chi connectivity index (χ1) is 6.22. The zero-order valence-electron chi connectivity index (χ0n) is 8.16. The van der Waals surface area contributed by atoms with Crippen LogP contribution in [-0.2, 0) is 0 Å². The number of carboxylic acids is 1. The van der Waals surface area contributed by atoms with E-state index in [1.807, 2.05) is 0 Å². The van der Waals surface area contributed by atoms with Crippen molar-refractivity contribution in [1.82, 2.24) is 0 Å². The zero-order valence-corrected chi connectivity index (χ0v) is 8.16. The lowest BCUT2D eigenvalue weighted by Gasteiger charge is -1.88. The average molecular weight is 180 g/mol. The Morgan fingerprint density at radius 3 is 1.85 bits per heavy atom. The highest BCUT2D eigenvalue weighted by atomic mass is 16.4. The average Bonchev–Trinajstić information content (AvgIpc) is 2.19. The molecule has 0 aliphatic carbocycles. The van der Waals surface area contributed by atoms with Crippen LogP contribution in [0.4, 0.5) is 0 Å². The maximum Gasteiger partial charge on any atom is 0.335 e. The molecule has 0 amide bonds. The van der Waals surface area contributed by atoms with E-state index < -0.39 is 5.97 Å². The molecule has 13 heavy (non-hydrogen) atoms. The Kier molecular flexibility index (Phi) is 6.60. The number of carbonyl (C=O) groups is 1. The molecular weight excluding hydrogens is 164 g/mol. The molecule has 0 spiro atoms. The topological polar surface area (TPSA) is 37.3 Å². The predicted octanol–water partition coefficient (Wildman–Crippen LogP) is 3.19. The number of benzene rings is 1. The Morgan fingerprint density at radius 2 is 1.62 bits per heavy atom. The molecule has 1 aromatic carbocycles. The Bertz CT molecular complexity index is 227. The number of hydrogen-bond acceptors (Lipinski definition) is 1. The van der Waals surface area contributed by atoms with Crippen molar-refractivity contribution in [3.63, 3.8) is 0 Å². The van der Waals surface area contributed by atoms with Gasteiger partial charge in [0.1, 0.15) is 0 Å². The van der Waals surface area contributed by atoms with E-state index in [2.05, 4.69) is 13.8 Å². The third-order valence-electron chi connectivity index (χ3n) is 1.52. The summed E-state index contributed by atoms with van der Waals surface area (Å²) in [4.78, 5) is 10.2. The molecule has 0 unspecified atom stereocenters. The fraction of sp³-hybridized carbons (Fsp3) is 0.364. The monoisotopic (exact) mass is 180 g/mol. The minimum absolute atomic E-state index is 0.331. The molecule has 72 valence electrons. The predicted molar refractivity (Wildman–Crippen MR) is 54.0 cm³/mol. The van der Waals surface area contributed by atoms with Crippen LogP contribution in [0.2, 0.25) is 0 Å². The standard InChI is InChI=1S/C7H6O2.C4H10/c8-7(9)6-4-2-1-3-5-6;1-3-4-2/h1-5H,(H,8,9);3-4H2,1-2H3. The SMILES string of the molecule is CCCC.O=C(O)c1ccccc1. The molecule has 0 heterocycles. The molecule has 0 fully saturated rings. The molecule has 0 saturated heterocycles. The highest BCUT2D eigenvalue weighted by molar-refractivity contribution is 5.87. The van der Waals surface area contributed by atoms with Crippen molar-refractivity contribution >= 4 is 5.97 Å². The molecule has 0 atom stereocenters. The number of hydrogen-bond donors (Lipinski definition) is 1. The second kappa shape index (κ2) is 7.35. The highest BCUT2D eigenvalue weighted by Crippen LogP contribution is 1.96. The minimum Gasteiger partial charge on any atom is -0.478 e. The summed E-state index contributed by atoms with van der Waals surface area (Å²) in [6.45, 7) is 4.36. The van der Waals surface area contributed by atoms with E-state index in [1.165, 1.54) is 12.8 Å². The summed E-state index contributed by atoms with van der Waals surface area (Å²) < 4.78 is 0. The van der Waals surface area contributed by atoms with Crippen LogP contribution < -0.4 is 0 Å². The largest absolute Gasteiger partial charge is 0.478 e. The van der Waals surface area contributed by atoms with E-state index in [1.54, 1.807) is 30.3 Å². The normalized spacial score (nSPS) is 8.46. The van der Waals surface area contributed by atoms with E-state index >= 15 is 0 Å². The molecule has 2 heteroatoms. The van der Waals surface area contributed by atoms with Crippen LogP contribution in [0.25, 0.3) is 0 Å². The Hall–Kier alpha value is -1.31. The second-order valence-electron chi connectivity index (χ2n) is 2.67. The Labute approximate surface area is 79.2 Å². The molecule has 0 radical (unpaired) electrons. The summed E-state index contributed by atoms with van der Waals surface area (Å²) in [6, 6.07) is 8.30. The van der Waals surface area contributed by atoms with E-state index in [9.17, 15) is 4.79 Å². The van der Waals surface area contributed by atoms with Crippen molar-refractivity contribution in [2.75, 3.05) is 0 Å². The van der Waals surface area contributed by atoms with E-state index in [0.717, 1.165) is 0 Å². The molecule has 0 aliphatic rings.